The molecule has 11 nitrogen and oxygen atoms in total. The van der Waals surface area contributed by atoms with Crippen molar-refractivity contribution in [3.63, 3.8) is 0 Å². The number of carbonyl (C=O) groups excluding carboxylic acids is 2. The second kappa shape index (κ2) is 15.6. The zero-order valence-corrected chi connectivity index (χ0v) is 26.1. The van der Waals surface area contributed by atoms with Crippen molar-refractivity contribution < 1.29 is 28.2 Å². The molecule has 0 aromatic heterocycles. The maximum absolute atomic E-state index is 13.7. The summed E-state index contributed by atoms with van der Waals surface area (Å²) in [6, 6.07) is 12.4. The fraction of sp³-hybridized carbons (Fsp3) is 0.300. The van der Waals surface area contributed by atoms with Crippen molar-refractivity contribution in [3.8, 4) is 17.2 Å². The third-order valence-electron chi connectivity index (χ3n) is 7.06. The molecule has 14 heteroatoms. The molecule has 44 heavy (non-hydrogen) atoms. The van der Waals surface area contributed by atoms with E-state index in [4.69, 9.17) is 37.3 Å². The van der Waals surface area contributed by atoms with E-state index in [9.17, 15) is 14.0 Å². The van der Waals surface area contributed by atoms with Gasteiger partial charge in [-0.25, -0.2) is 4.39 Å². The van der Waals surface area contributed by atoms with E-state index in [1.807, 2.05) is 12.1 Å². The second-order valence-electron chi connectivity index (χ2n) is 9.84. The van der Waals surface area contributed by atoms with Crippen LogP contribution in [0, 0.1) is 5.82 Å². The van der Waals surface area contributed by atoms with E-state index < -0.39 is 17.6 Å². The summed E-state index contributed by atoms with van der Waals surface area (Å²) < 4.78 is 30.2. The third-order valence-corrected chi connectivity index (χ3v) is 7.35. The first kappa shape index (κ1) is 34.4. The highest BCUT2D eigenvalue weighted by atomic mass is 35.5. The Hall–Kier alpha value is -4.10. The molecule has 0 unspecified atom stereocenters. The third kappa shape index (κ3) is 8.29. The molecule has 0 spiro atoms. The molecule has 0 saturated carbocycles. The van der Waals surface area contributed by atoms with Crippen molar-refractivity contribution in [2.75, 3.05) is 52.8 Å². The Morgan fingerprint density at radius 1 is 0.864 bits per heavy atom. The quantitative estimate of drug-likeness (QED) is 0.220. The number of nitrogens with two attached hydrogens (primary N) is 2. The maximum atomic E-state index is 13.7. The molecule has 1 aliphatic rings. The summed E-state index contributed by atoms with van der Waals surface area (Å²) in [5, 5.41) is 2.66. The number of piperazine rings is 1. The average molecular weight is 650 g/mol. The topological polar surface area (TPSA) is 145 Å². The lowest BCUT2D eigenvalue weighted by atomic mass is 10.1. The highest BCUT2D eigenvalue weighted by molar-refractivity contribution is 6.31. The predicted molar refractivity (Wildman–Crippen MR) is 170 cm³/mol. The van der Waals surface area contributed by atoms with E-state index in [1.54, 1.807) is 33.5 Å². The first-order chi connectivity index (χ1) is 20.6. The predicted octanol–water partition coefficient (Wildman–Crippen LogP) is 3.91. The van der Waals surface area contributed by atoms with Crippen molar-refractivity contribution in [1.82, 2.24) is 9.80 Å². The highest BCUT2D eigenvalue weighted by Crippen LogP contribution is 2.40. The summed E-state index contributed by atoms with van der Waals surface area (Å²) in [4.78, 5) is 33.7. The van der Waals surface area contributed by atoms with Gasteiger partial charge in [-0.05, 0) is 42.0 Å². The molecule has 1 saturated heterocycles. The smallest absolute Gasteiger partial charge is 0.280 e. The van der Waals surface area contributed by atoms with Gasteiger partial charge in [0.15, 0.2) is 17.5 Å². The standard InChI is InChI=1S/C30H34ClFN6O5.ClH/c1-41-25-9-7-21(26(42-2)27(25)43-3)17-38-12-10-37(11-13-38)16-20-5-4-19(29(40)36-30(33)34)15-24(20)35-28(39)18-6-8-23(32)22(31)14-18;/h4-9,14-15H,10-13,16-17H2,1-3H3,(H,35,39)(H4,33,34,36,40);1H. The van der Waals surface area contributed by atoms with Crippen LogP contribution in [0.5, 0.6) is 17.2 Å². The van der Waals surface area contributed by atoms with Crippen LogP contribution in [0.1, 0.15) is 31.8 Å². The van der Waals surface area contributed by atoms with Gasteiger partial charge < -0.3 is 31.0 Å². The normalized spacial score (nSPS) is 13.4. The van der Waals surface area contributed by atoms with Crippen LogP contribution in [-0.4, -0.2) is 75.1 Å². The Bertz CT molecular complexity index is 1530. The van der Waals surface area contributed by atoms with Crippen molar-refractivity contribution in [1.29, 1.82) is 0 Å². The molecule has 5 N–H and O–H groups in total. The number of nitrogens with one attached hydrogen (secondary N) is 1. The number of methoxy groups -OCH3 is 3. The number of anilines is 1. The van der Waals surface area contributed by atoms with Crippen molar-refractivity contribution >= 4 is 47.5 Å². The van der Waals surface area contributed by atoms with Crippen LogP contribution in [0.4, 0.5) is 10.1 Å². The van der Waals surface area contributed by atoms with E-state index in [2.05, 4.69) is 20.1 Å². The lowest BCUT2D eigenvalue weighted by molar-refractivity contribution is 0.0997. The average Bonchev–Trinajstić information content (AvgIpc) is 2.99. The van der Waals surface area contributed by atoms with Gasteiger partial charge in [-0.1, -0.05) is 23.7 Å². The van der Waals surface area contributed by atoms with Gasteiger partial charge in [0, 0.05) is 61.6 Å². The number of hydrogen-bond donors (Lipinski definition) is 3. The summed E-state index contributed by atoms with van der Waals surface area (Å²) >= 11 is 5.88. The zero-order valence-electron chi connectivity index (χ0n) is 24.6. The molecule has 4 rings (SSSR count). The fourth-order valence-electron chi connectivity index (χ4n) is 4.85. The maximum Gasteiger partial charge on any atom is 0.280 e. The number of hydrogen-bond acceptors (Lipinski definition) is 7. The van der Waals surface area contributed by atoms with Gasteiger partial charge >= 0.3 is 0 Å². The molecule has 0 bridgehead atoms. The minimum absolute atomic E-state index is 0. The van der Waals surface area contributed by atoms with Crippen LogP contribution >= 0.6 is 24.0 Å². The Balaban J connectivity index is 0.00000529. The fourth-order valence-corrected chi connectivity index (χ4v) is 5.03. The highest BCUT2D eigenvalue weighted by Gasteiger charge is 2.23. The first-order valence-electron chi connectivity index (χ1n) is 13.4. The Morgan fingerprint density at radius 2 is 1.45 bits per heavy atom. The number of nitrogens with zero attached hydrogens (tertiary/aromatic N) is 3. The summed E-state index contributed by atoms with van der Waals surface area (Å²) in [5.41, 5.74) is 13.3. The van der Waals surface area contributed by atoms with Crippen LogP contribution in [0.2, 0.25) is 5.02 Å². The Labute approximate surface area is 266 Å². The monoisotopic (exact) mass is 648 g/mol. The molecule has 0 aliphatic carbocycles. The number of amides is 2. The molecule has 236 valence electrons. The Kier molecular flexibility index (Phi) is 12.2. The molecule has 3 aromatic carbocycles. The van der Waals surface area contributed by atoms with Crippen molar-refractivity contribution in [2.45, 2.75) is 13.1 Å². The van der Waals surface area contributed by atoms with Gasteiger partial charge in [0.05, 0.1) is 26.4 Å². The number of halogens is 3. The zero-order chi connectivity index (χ0) is 31.1. The SMILES string of the molecule is COc1ccc(CN2CCN(Cc3ccc(C(=O)N=C(N)N)cc3NC(=O)c3ccc(F)c(Cl)c3)CC2)c(OC)c1OC.Cl. The molecule has 0 atom stereocenters. The Morgan fingerprint density at radius 3 is 2.02 bits per heavy atom. The lowest BCUT2D eigenvalue weighted by Gasteiger charge is -2.35. The summed E-state index contributed by atoms with van der Waals surface area (Å²) in [7, 11) is 4.77. The van der Waals surface area contributed by atoms with Crippen LogP contribution in [0.15, 0.2) is 53.5 Å². The second-order valence-corrected chi connectivity index (χ2v) is 10.2. The minimum atomic E-state index is -0.647. The van der Waals surface area contributed by atoms with Crippen molar-refractivity contribution in [3.05, 3.63) is 81.6 Å². The van der Waals surface area contributed by atoms with E-state index in [-0.39, 0.29) is 34.5 Å². The largest absolute Gasteiger partial charge is 0.493 e. The van der Waals surface area contributed by atoms with Gasteiger partial charge in [-0.3, -0.25) is 19.4 Å². The van der Waals surface area contributed by atoms with Gasteiger partial charge in [0.2, 0.25) is 5.75 Å². The molecule has 0 radical (unpaired) electrons. The molecule has 3 aromatic rings. The minimum Gasteiger partial charge on any atom is -0.493 e. The first-order valence-corrected chi connectivity index (χ1v) is 13.8. The molecule has 1 aliphatic heterocycles. The molecule has 1 fully saturated rings. The van der Waals surface area contributed by atoms with Gasteiger partial charge in [0.1, 0.15) is 5.82 Å². The van der Waals surface area contributed by atoms with E-state index in [1.165, 1.54) is 18.2 Å². The van der Waals surface area contributed by atoms with Gasteiger partial charge in [-0.15, -0.1) is 12.4 Å². The number of carbonyl (C=O) groups is 2. The molecular weight excluding hydrogens is 614 g/mol. The summed E-state index contributed by atoms with van der Waals surface area (Å²) in [5.74, 6) is -0.363. The number of rotatable bonds is 10. The number of guanidine groups is 1. The number of ether oxygens (including phenoxy) is 3. The summed E-state index contributed by atoms with van der Waals surface area (Å²) in [6.07, 6.45) is 0. The van der Waals surface area contributed by atoms with E-state index in [0.717, 1.165) is 43.4 Å². The van der Waals surface area contributed by atoms with E-state index >= 15 is 0 Å². The number of aliphatic imine (C=N–C) groups is 1. The van der Waals surface area contributed by atoms with Crippen LogP contribution in [0.25, 0.3) is 0 Å². The molecular formula is C30H35Cl2FN6O5. The van der Waals surface area contributed by atoms with Crippen molar-refractivity contribution in [2.24, 2.45) is 16.5 Å². The van der Waals surface area contributed by atoms with Crippen LogP contribution in [-0.2, 0) is 13.1 Å². The number of benzene rings is 3. The summed E-state index contributed by atoms with van der Waals surface area (Å²) in [6.45, 7) is 4.25. The molecule has 2 amide bonds. The van der Waals surface area contributed by atoms with Crippen LogP contribution < -0.4 is 31.0 Å². The van der Waals surface area contributed by atoms with Gasteiger partial charge in [0.25, 0.3) is 11.8 Å². The molecule has 1 heterocycles. The van der Waals surface area contributed by atoms with Crippen LogP contribution in [0.3, 0.4) is 0 Å². The van der Waals surface area contributed by atoms with E-state index in [0.29, 0.717) is 36.0 Å². The van der Waals surface area contributed by atoms with Gasteiger partial charge in [-0.2, -0.15) is 4.99 Å². The lowest BCUT2D eigenvalue weighted by Crippen LogP contribution is -2.45.